The molecule has 0 fully saturated rings. The third-order valence-corrected chi connectivity index (χ3v) is 14.0. The Hall–Kier alpha value is -13.3. The number of aryl methyl sites for hydroxylation is 1. The van der Waals surface area contributed by atoms with Crippen molar-refractivity contribution in [3.05, 3.63) is 256 Å². The van der Waals surface area contributed by atoms with E-state index in [4.69, 9.17) is 52.5 Å². The van der Waals surface area contributed by atoms with Crippen molar-refractivity contribution in [2.24, 2.45) is 7.05 Å². The highest BCUT2D eigenvalue weighted by molar-refractivity contribution is 6.04. The van der Waals surface area contributed by atoms with Gasteiger partial charge in [0.05, 0.1) is 104 Å². The van der Waals surface area contributed by atoms with E-state index in [1.165, 1.54) is 41.0 Å². The van der Waals surface area contributed by atoms with Crippen molar-refractivity contribution in [2.45, 2.75) is 26.4 Å². The summed E-state index contributed by atoms with van der Waals surface area (Å²) in [6.45, 7) is 1.19. The second kappa shape index (κ2) is 32.5. The van der Waals surface area contributed by atoms with Gasteiger partial charge >= 0.3 is 0 Å². The number of phenolic OH excluding ortho intramolecular Hbond substituents is 2. The fourth-order valence-electron chi connectivity index (χ4n) is 8.63. The van der Waals surface area contributed by atoms with E-state index in [1.54, 1.807) is 127 Å². The van der Waals surface area contributed by atoms with Gasteiger partial charge in [0.2, 0.25) is 28.8 Å². The lowest BCUT2D eigenvalue weighted by Crippen LogP contribution is -2.13. The minimum Gasteiger partial charge on any atom is -0.506 e. The first-order valence-electron chi connectivity index (χ1n) is 29.6. The minimum absolute atomic E-state index is 0.0462. The summed E-state index contributed by atoms with van der Waals surface area (Å²) in [4.78, 5) is 66.8. The second-order valence-electron chi connectivity index (χ2n) is 20.7. The average molecular weight is 1330 g/mol. The highest BCUT2D eigenvalue weighted by atomic mass is 19.1. The summed E-state index contributed by atoms with van der Waals surface area (Å²) in [7, 11) is 8.03. The molecular formula is C71H62FN11O15. The molecule has 0 aliphatic heterocycles. The number of fused-ring (bicyclic) bond motifs is 2. The number of nitrogens with zero attached hydrogens (tertiary/aromatic N) is 8. The number of hydrogen-bond donors (Lipinski definition) is 5. The molecule has 1 amide bonds. The van der Waals surface area contributed by atoms with Gasteiger partial charge in [0.15, 0.2) is 11.2 Å². The van der Waals surface area contributed by atoms with Crippen LogP contribution in [0.25, 0.3) is 45.1 Å². The van der Waals surface area contributed by atoms with Crippen LogP contribution in [0.3, 0.4) is 0 Å². The van der Waals surface area contributed by atoms with E-state index in [9.17, 15) is 29.0 Å². The zero-order chi connectivity index (χ0) is 68.9. The number of nitrogens with one attached hydrogen (secondary N) is 2. The predicted octanol–water partition coefficient (Wildman–Crippen LogP) is 11.5. The molecule has 4 aromatic carbocycles. The first-order chi connectivity index (χ1) is 47.6. The normalized spacial score (nSPS) is 10.6. The average Bonchev–Trinajstić information content (AvgIpc) is 1.67. The zero-order valence-corrected chi connectivity index (χ0v) is 53.1. The summed E-state index contributed by atoms with van der Waals surface area (Å²) in [5.41, 5.74) is 13.0. The van der Waals surface area contributed by atoms with Crippen LogP contribution in [0, 0.1) is 5.95 Å². The van der Waals surface area contributed by atoms with E-state index < -0.39 is 11.9 Å². The van der Waals surface area contributed by atoms with E-state index in [0.717, 1.165) is 34.9 Å². The number of oxazole rings is 2. The molecule has 26 nitrogen and oxygen atoms in total. The Morgan fingerprint density at radius 1 is 0.510 bits per heavy atom. The number of hydrogen-bond acceptors (Lipinski definition) is 23. The van der Waals surface area contributed by atoms with Crippen LogP contribution in [-0.4, -0.2) is 89.0 Å². The van der Waals surface area contributed by atoms with Crippen LogP contribution in [0.5, 0.6) is 57.5 Å². The van der Waals surface area contributed by atoms with Crippen molar-refractivity contribution >= 4 is 39.5 Å². The van der Waals surface area contributed by atoms with Crippen LogP contribution in [0.4, 0.5) is 15.8 Å². The van der Waals surface area contributed by atoms with Crippen LogP contribution < -0.4 is 60.1 Å². The number of amides is 1. The molecule has 13 aromatic rings. The number of aromatic nitrogens is 9. The maximum Gasteiger partial charge on any atom is 0.257 e. The number of methoxy groups -OCH3 is 4. The Morgan fingerprint density at radius 3 is 1.37 bits per heavy atom. The number of pyridine rings is 7. The summed E-state index contributed by atoms with van der Waals surface area (Å²) < 4.78 is 68.8. The summed E-state index contributed by atoms with van der Waals surface area (Å²) in [5, 5.41) is 21.8. The Morgan fingerprint density at radius 2 is 0.949 bits per heavy atom. The molecule has 0 aliphatic carbocycles. The summed E-state index contributed by atoms with van der Waals surface area (Å²) in [6, 6.07) is 43.2. The second-order valence-corrected chi connectivity index (χ2v) is 20.7. The number of benzene rings is 4. The first-order valence-corrected chi connectivity index (χ1v) is 29.6. The lowest BCUT2D eigenvalue weighted by atomic mass is 10.2. The Balaban J connectivity index is 0.000000143. The van der Waals surface area contributed by atoms with Crippen LogP contribution in [0.2, 0.25) is 0 Å². The van der Waals surface area contributed by atoms with Crippen LogP contribution in [0.1, 0.15) is 33.1 Å². The molecule has 0 saturated carbocycles. The fraction of sp³-hybridized carbons (Fsp3) is 0.127. The maximum absolute atomic E-state index is 12.8. The molecule has 0 aliphatic rings. The minimum atomic E-state index is -0.683. The molecule has 0 atom stereocenters. The molecule has 13 rings (SSSR count). The number of carbonyl (C=O) groups is 1. The van der Waals surface area contributed by atoms with Crippen molar-refractivity contribution in [1.82, 2.24) is 44.4 Å². The van der Waals surface area contributed by atoms with Gasteiger partial charge in [-0.05, 0) is 121 Å². The van der Waals surface area contributed by atoms with Crippen molar-refractivity contribution in [3.8, 4) is 80.4 Å². The fourth-order valence-corrected chi connectivity index (χ4v) is 8.63. The number of aromatic amines is 1. The van der Waals surface area contributed by atoms with E-state index in [-0.39, 0.29) is 46.2 Å². The van der Waals surface area contributed by atoms with Gasteiger partial charge < -0.3 is 77.5 Å². The van der Waals surface area contributed by atoms with E-state index in [0.29, 0.717) is 111 Å². The molecule has 9 heterocycles. The van der Waals surface area contributed by atoms with Crippen molar-refractivity contribution in [1.29, 1.82) is 0 Å². The van der Waals surface area contributed by atoms with Gasteiger partial charge in [-0.1, -0.05) is 0 Å². The molecule has 6 N–H and O–H groups in total. The molecule has 9 aromatic heterocycles. The first kappa shape index (κ1) is 67.6. The van der Waals surface area contributed by atoms with Gasteiger partial charge in [-0.2, -0.15) is 4.39 Å². The summed E-state index contributed by atoms with van der Waals surface area (Å²) in [6.07, 6.45) is 10.9. The van der Waals surface area contributed by atoms with Crippen LogP contribution >= 0.6 is 0 Å². The predicted molar refractivity (Wildman–Crippen MR) is 358 cm³/mol. The third kappa shape index (κ3) is 18.7. The van der Waals surface area contributed by atoms with Crippen molar-refractivity contribution in [2.75, 3.05) is 39.5 Å². The molecule has 0 unspecified atom stereocenters. The molecule has 498 valence electrons. The number of anilines is 2. The molecule has 0 spiro atoms. The number of aromatic hydroxyl groups is 2. The third-order valence-electron chi connectivity index (χ3n) is 14.0. The monoisotopic (exact) mass is 1330 g/mol. The molecular weight excluding hydrogens is 1270 g/mol. The summed E-state index contributed by atoms with van der Waals surface area (Å²) >= 11 is 0. The number of rotatable bonds is 20. The van der Waals surface area contributed by atoms with Gasteiger partial charge in [0.1, 0.15) is 95.0 Å². The number of nitrogen functional groups attached to an aromatic ring is 1. The highest BCUT2D eigenvalue weighted by Crippen LogP contribution is 2.32. The number of H-pyrrole nitrogens is 1. The van der Waals surface area contributed by atoms with Crippen LogP contribution in [0.15, 0.2) is 220 Å². The molecule has 0 radical (unpaired) electrons. The maximum atomic E-state index is 12.8. The molecule has 98 heavy (non-hydrogen) atoms. The smallest absolute Gasteiger partial charge is 0.257 e. The number of carbonyl (C=O) groups excluding carboxylic acids is 1. The number of halogens is 1. The zero-order valence-electron chi connectivity index (χ0n) is 53.1. The Labute approximate surface area is 557 Å². The van der Waals surface area contributed by atoms with E-state index in [2.05, 4.69) is 45.2 Å². The lowest BCUT2D eigenvalue weighted by Gasteiger charge is -2.11. The summed E-state index contributed by atoms with van der Waals surface area (Å²) in [5.74, 6) is 4.68. The quantitative estimate of drug-likeness (QED) is 0.0269. The molecule has 0 saturated heterocycles. The van der Waals surface area contributed by atoms with E-state index >= 15 is 0 Å². The molecule has 27 heteroatoms. The SMILES string of the molecule is COc1ccc(COc2ccc(O)c(N)c2)nc1.COc1ccc(COc2ccc(O)c(NC(=O)c3ccc(F)nc3)c2)nc1.COc1ccc(COc2ccc3oc(-c4ccc(=O)[nH]c4)nc3c2)nc1.COc1ccc(COc2ccc3oc(-c4ccc(=O)n(C)c4)nc3c2)nc1. The topological polar surface area (TPSA) is 341 Å². The lowest BCUT2D eigenvalue weighted by molar-refractivity contribution is 0.102. The number of ether oxygens (including phenoxy) is 8. The number of nitrogens with two attached hydrogens (primary N) is 1. The van der Waals surface area contributed by atoms with Gasteiger partial charge in [0, 0.05) is 62.0 Å². The van der Waals surface area contributed by atoms with Gasteiger partial charge in [-0.3, -0.25) is 34.3 Å². The van der Waals surface area contributed by atoms with Gasteiger partial charge in [-0.25, -0.2) is 15.0 Å². The van der Waals surface area contributed by atoms with Gasteiger partial charge in [-0.15, -0.1) is 0 Å². The standard InChI is InChI=1S/C20H17N3O4.C19H16FN3O4.C19H15N3O4.C13H14N2O3/c1-23-11-13(3-8-19(23)24)20-22-17-9-15(6-7-18(17)27-20)26-12-14-4-5-16(25-2)10-21-14;1-26-15-4-3-13(21-10-15)11-27-14-5-6-17(24)16(8-14)23-19(25)12-2-7-18(20)22-9-12;1-24-15-4-3-13(20-10-15)11-25-14-5-6-17-16(8-14)22-19(26-17)12-2-7-18(23)21-9-12;1-17-11-3-2-9(15-7-11)8-18-10-4-5-13(16)12(14)6-10/h3-11H,12H2,1-2H3;2-10,24H,11H2,1H3,(H,23,25);2-10H,11H2,1H3,(H,21,23);2-7,16H,8,14H2,1H3. The highest BCUT2D eigenvalue weighted by Gasteiger charge is 2.15. The number of phenols is 2. The van der Waals surface area contributed by atoms with Crippen LogP contribution in [-0.2, 0) is 33.5 Å². The van der Waals surface area contributed by atoms with Crippen molar-refractivity contribution < 1.29 is 66.1 Å². The Kier molecular flexibility index (Phi) is 22.4. The largest absolute Gasteiger partial charge is 0.506 e. The Bertz CT molecular complexity index is 4900. The van der Waals surface area contributed by atoms with E-state index in [1.807, 2.05) is 60.7 Å². The molecule has 0 bridgehead atoms. The van der Waals surface area contributed by atoms with Gasteiger partial charge in [0.25, 0.3) is 5.91 Å². The van der Waals surface area contributed by atoms with Crippen molar-refractivity contribution in [3.63, 3.8) is 0 Å².